The van der Waals surface area contributed by atoms with Gasteiger partial charge in [-0.05, 0) is 47.0 Å². The highest BCUT2D eigenvalue weighted by atomic mass is 16.6. The van der Waals surface area contributed by atoms with Gasteiger partial charge in [0.05, 0.1) is 0 Å². The third kappa shape index (κ3) is 6.61. The second-order valence-corrected chi connectivity index (χ2v) is 7.35. The summed E-state index contributed by atoms with van der Waals surface area (Å²) in [6.07, 6.45) is 9.88. The van der Waals surface area contributed by atoms with Crippen molar-refractivity contribution in [2.24, 2.45) is 5.41 Å². The maximum atomic E-state index is 12.1. The van der Waals surface area contributed by atoms with Gasteiger partial charge in [0.15, 0.2) is 0 Å². The predicted octanol–water partition coefficient (Wildman–Crippen LogP) is 4.07. The molecule has 1 rings (SSSR count). The SMILES string of the molecule is C=C(/C=C\C=C/C)CC1(CO)CCN(C(=O)OC(C)(C)C)CC1. The molecule has 0 atom stereocenters. The van der Waals surface area contributed by atoms with E-state index in [4.69, 9.17) is 4.74 Å². The number of hydrogen-bond donors (Lipinski definition) is 1. The lowest BCUT2D eigenvalue weighted by Crippen LogP contribution is -2.46. The van der Waals surface area contributed by atoms with E-state index >= 15 is 0 Å². The zero-order valence-electron chi connectivity index (χ0n) is 15.0. The van der Waals surface area contributed by atoms with Crippen LogP contribution in [0, 0.1) is 5.41 Å². The molecule has 130 valence electrons. The number of carbonyl (C=O) groups is 1. The largest absolute Gasteiger partial charge is 0.444 e. The Morgan fingerprint density at radius 3 is 2.39 bits per heavy atom. The third-order valence-corrected chi connectivity index (χ3v) is 4.05. The molecule has 0 aliphatic carbocycles. The monoisotopic (exact) mass is 321 g/mol. The van der Waals surface area contributed by atoms with Crippen LogP contribution >= 0.6 is 0 Å². The zero-order valence-corrected chi connectivity index (χ0v) is 15.0. The Kier molecular flexibility index (Phi) is 7.07. The minimum atomic E-state index is -0.478. The number of allylic oxidation sites excluding steroid dienone is 5. The average molecular weight is 321 g/mol. The molecule has 0 spiro atoms. The van der Waals surface area contributed by atoms with Crippen molar-refractivity contribution in [1.82, 2.24) is 4.90 Å². The Bertz CT molecular complexity index is 463. The van der Waals surface area contributed by atoms with Crippen LogP contribution in [0.1, 0.15) is 47.0 Å². The molecular weight excluding hydrogens is 290 g/mol. The van der Waals surface area contributed by atoms with Gasteiger partial charge in [-0.1, -0.05) is 36.5 Å². The maximum Gasteiger partial charge on any atom is 0.410 e. The molecule has 1 aliphatic heterocycles. The van der Waals surface area contributed by atoms with Crippen LogP contribution in [-0.2, 0) is 4.74 Å². The van der Waals surface area contributed by atoms with E-state index in [1.807, 2.05) is 52.0 Å². The van der Waals surface area contributed by atoms with Crippen LogP contribution in [0.3, 0.4) is 0 Å². The molecule has 1 heterocycles. The highest BCUT2D eigenvalue weighted by molar-refractivity contribution is 5.68. The highest BCUT2D eigenvalue weighted by Crippen LogP contribution is 2.37. The lowest BCUT2D eigenvalue weighted by Gasteiger charge is -2.41. The first-order valence-corrected chi connectivity index (χ1v) is 8.27. The molecule has 0 aromatic rings. The fourth-order valence-corrected chi connectivity index (χ4v) is 2.72. The van der Waals surface area contributed by atoms with Gasteiger partial charge in [-0.25, -0.2) is 4.79 Å². The predicted molar refractivity (Wildman–Crippen MR) is 94.3 cm³/mol. The van der Waals surface area contributed by atoms with Gasteiger partial charge in [0.2, 0.25) is 0 Å². The number of likely N-dealkylation sites (tertiary alicyclic amines) is 1. The van der Waals surface area contributed by atoms with Gasteiger partial charge in [-0.15, -0.1) is 0 Å². The summed E-state index contributed by atoms with van der Waals surface area (Å²) in [7, 11) is 0. The van der Waals surface area contributed by atoms with Crippen molar-refractivity contribution in [1.29, 1.82) is 0 Å². The molecule has 0 radical (unpaired) electrons. The average Bonchev–Trinajstić information content (AvgIpc) is 2.46. The van der Waals surface area contributed by atoms with Crippen LogP contribution in [0.25, 0.3) is 0 Å². The van der Waals surface area contributed by atoms with E-state index in [9.17, 15) is 9.90 Å². The second kappa shape index (κ2) is 8.34. The lowest BCUT2D eigenvalue weighted by molar-refractivity contribution is 0.0000365. The molecule has 4 heteroatoms. The standard InChI is InChI=1S/C19H31NO3/c1-6-7-8-9-16(2)14-19(15-21)10-12-20(13-11-19)17(22)23-18(3,4)5/h6-9,21H,2,10-15H2,1,3-5H3/b7-6-,9-8-. The van der Waals surface area contributed by atoms with Gasteiger partial charge >= 0.3 is 6.09 Å². The number of piperidine rings is 1. The minimum absolute atomic E-state index is 0.117. The smallest absolute Gasteiger partial charge is 0.410 e. The summed E-state index contributed by atoms with van der Waals surface area (Å²) in [6.45, 7) is 13.0. The topological polar surface area (TPSA) is 49.8 Å². The van der Waals surface area contributed by atoms with Crippen molar-refractivity contribution in [3.8, 4) is 0 Å². The fraction of sp³-hybridized carbons (Fsp3) is 0.632. The van der Waals surface area contributed by atoms with Gasteiger partial charge in [-0.3, -0.25) is 0 Å². The number of carbonyl (C=O) groups excluding carboxylic acids is 1. The van der Waals surface area contributed by atoms with Crippen LogP contribution in [0.5, 0.6) is 0 Å². The van der Waals surface area contributed by atoms with Crippen LogP contribution in [-0.4, -0.2) is 41.4 Å². The first kappa shape index (κ1) is 19.5. The molecular formula is C19H31NO3. The molecule has 23 heavy (non-hydrogen) atoms. The number of rotatable bonds is 5. The summed E-state index contributed by atoms with van der Waals surface area (Å²) in [5.74, 6) is 0. The van der Waals surface area contributed by atoms with E-state index < -0.39 is 5.60 Å². The minimum Gasteiger partial charge on any atom is -0.444 e. The Morgan fingerprint density at radius 2 is 1.91 bits per heavy atom. The molecule has 0 aromatic carbocycles. The molecule has 0 bridgehead atoms. The van der Waals surface area contributed by atoms with Crippen molar-refractivity contribution in [3.05, 3.63) is 36.5 Å². The van der Waals surface area contributed by atoms with Crippen molar-refractivity contribution in [2.45, 2.75) is 52.6 Å². The van der Waals surface area contributed by atoms with Gasteiger partial charge in [0, 0.05) is 25.1 Å². The van der Waals surface area contributed by atoms with E-state index in [1.54, 1.807) is 4.90 Å². The molecule has 1 saturated heterocycles. The number of aliphatic hydroxyl groups is 1. The Balaban J connectivity index is 2.59. The Labute approximate surface area is 140 Å². The summed E-state index contributed by atoms with van der Waals surface area (Å²) in [5.41, 5.74) is 0.340. The summed E-state index contributed by atoms with van der Waals surface area (Å²) in [4.78, 5) is 13.8. The van der Waals surface area contributed by atoms with Crippen LogP contribution in [0.2, 0.25) is 0 Å². The van der Waals surface area contributed by atoms with Crippen molar-refractivity contribution >= 4 is 6.09 Å². The number of ether oxygens (including phenoxy) is 1. The molecule has 1 amide bonds. The van der Waals surface area contributed by atoms with E-state index in [-0.39, 0.29) is 18.1 Å². The van der Waals surface area contributed by atoms with Crippen LogP contribution < -0.4 is 0 Å². The molecule has 1 N–H and O–H groups in total. The van der Waals surface area contributed by atoms with Crippen molar-refractivity contribution in [3.63, 3.8) is 0 Å². The number of aliphatic hydroxyl groups excluding tert-OH is 1. The number of amides is 1. The van der Waals surface area contributed by atoms with E-state index in [0.717, 1.165) is 24.8 Å². The van der Waals surface area contributed by atoms with E-state index in [2.05, 4.69) is 6.58 Å². The van der Waals surface area contributed by atoms with Gasteiger partial charge < -0.3 is 14.7 Å². The van der Waals surface area contributed by atoms with Gasteiger partial charge in [-0.2, -0.15) is 0 Å². The highest BCUT2D eigenvalue weighted by Gasteiger charge is 2.36. The fourth-order valence-electron chi connectivity index (χ4n) is 2.72. The number of hydrogen-bond acceptors (Lipinski definition) is 3. The summed E-state index contributed by atoms with van der Waals surface area (Å²) in [5, 5.41) is 9.86. The quantitative estimate of drug-likeness (QED) is 0.776. The summed E-state index contributed by atoms with van der Waals surface area (Å²) in [6, 6.07) is 0. The summed E-state index contributed by atoms with van der Waals surface area (Å²) < 4.78 is 5.41. The van der Waals surface area contributed by atoms with E-state index in [1.165, 1.54) is 0 Å². The Hall–Kier alpha value is -1.55. The van der Waals surface area contributed by atoms with Crippen LogP contribution in [0.15, 0.2) is 36.5 Å². The second-order valence-electron chi connectivity index (χ2n) is 7.35. The van der Waals surface area contributed by atoms with Gasteiger partial charge in [0.1, 0.15) is 5.60 Å². The maximum absolute atomic E-state index is 12.1. The molecule has 0 unspecified atom stereocenters. The first-order valence-electron chi connectivity index (χ1n) is 8.27. The lowest BCUT2D eigenvalue weighted by atomic mass is 9.74. The third-order valence-electron chi connectivity index (χ3n) is 4.05. The van der Waals surface area contributed by atoms with Crippen molar-refractivity contribution in [2.75, 3.05) is 19.7 Å². The van der Waals surface area contributed by atoms with Crippen LogP contribution in [0.4, 0.5) is 4.79 Å². The molecule has 1 fully saturated rings. The number of nitrogens with zero attached hydrogens (tertiary/aromatic N) is 1. The Morgan fingerprint density at radius 1 is 1.30 bits per heavy atom. The van der Waals surface area contributed by atoms with E-state index in [0.29, 0.717) is 13.1 Å². The van der Waals surface area contributed by atoms with Crippen molar-refractivity contribution < 1.29 is 14.6 Å². The molecule has 4 nitrogen and oxygen atoms in total. The zero-order chi connectivity index (χ0) is 17.5. The summed E-state index contributed by atoms with van der Waals surface area (Å²) >= 11 is 0. The van der Waals surface area contributed by atoms with Gasteiger partial charge in [0.25, 0.3) is 0 Å². The molecule has 1 aliphatic rings. The molecule has 0 saturated carbocycles. The normalized spacial score (nSPS) is 18.6. The molecule has 0 aromatic heterocycles. The first-order chi connectivity index (χ1) is 10.7.